The Hall–Kier alpha value is -2.55. The molecule has 6 nitrogen and oxygen atoms in total. The predicted molar refractivity (Wildman–Crippen MR) is 90.4 cm³/mol. The summed E-state index contributed by atoms with van der Waals surface area (Å²) in [6, 6.07) is 3.91. The Morgan fingerprint density at radius 2 is 1.83 bits per heavy atom. The summed E-state index contributed by atoms with van der Waals surface area (Å²) in [7, 11) is 1.89. The third-order valence-corrected chi connectivity index (χ3v) is 4.33. The minimum absolute atomic E-state index is 0.148. The molecule has 0 unspecified atom stereocenters. The molecule has 0 saturated carbocycles. The van der Waals surface area contributed by atoms with Crippen molar-refractivity contribution in [3.05, 3.63) is 40.2 Å². The molecule has 0 saturated heterocycles. The van der Waals surface area contributed by atoms with E-state index in [0.29, 0.717) is 12.2 Å². The van der Waals surface area contributed by atoms with Crippen molar-refractivity contribution in [2.45, 2.75) is 47.0 Å². The summed E-state index contributed by atoms with van der Waals surface area (Å²) in [5.74, 6) is -1.09. The van der Waals surface area contributed by atoms with Gasteiger partial charge in [0.2, 0.25) is 0 Å². The van der Waals surface area contributed by atoms with Crippen molar-refractivity contribution in [3.63, 3.8) is 0 Å². The fourth-order valence-corrected chi connectivity index (χ4v) is 2.94. The summed E-state index contributed by atoms with van der Waals surface area (Å²) in [5, 5.41) is 13.9. The molecule has 6 heteroatoms. The van der Waals surface area contributed by atoms with E-state index in [1.807, 2.05) is 52.4 Å². The van der Waals surface area contributed by atoms with E-state index in [1.165, 1.54) is 0 Å². The van der Waals surface area contributed by atoms with Crippen LogP contribution in [0.5, 0.6) is 0 Å². The van der Waals surface area contributed by atoms with Gasteiger partial charge in [-0.3, -0.25) is 9.48 Å². The van der Waals surface area contributed by atoms with E-state index in [2.05, 4.69) is 21.1 Å². The number of nitriles is 1. The lowest BCUT2D eigenvalue weighted by molar-refractivity contribution is -0.122. The predicted octanol–water partition coefficient (Wildman–Crippen LogP) is 2.50. The molecule has 0 fully saturated rings. The van der Waals surface area contributed by atoms with Gasteiger partial charge in [-0.25, -0.2) is 9.97 Å². The van der Waals surface area contributed by atoms with Gasteiger partial charge in [0, 0.05) is 30.0 Å². The smallest absolute Gasteiger partial charge is 0.164 e. The van der Waals surface area contributed by atoms with Crippen LogP contribution in [0, 0.1) is 44.9 Å². The third-order valence-electron chi connectivity index (χ3n) is 4.33. The molecule has 0 spiro atoms. The summed E-state index contributed by atoms with van der Waals surface area (Å²) >= 11 is 0. The van der Waals surface area contributed by atoms with Crippen molar-refractivity contribution in [2.75, 3.05) is 0 Å². The van der Waals surface area contributed by atoms with E-state index in [4.69, 9.17) is 0 Å². The van der Waals surface area contributed by atoms with Crippen LogP contribution in [0.25, 0.3) is 0 Å². The summed E-state index contributed by atoms with van der Waals surface area (Å²) in [5.41, 5.74) is 4.56. The first-order valence-electron chi connectivity index (χ1n) is 7.99. The molecule has 0 aliphatic rings. The monoisotopic (exact) mass is 325 g/mol. The molecule has 0 N–H and O–H groups in total. The van der Waals surface area contributed by atoms with E-state index >= 15 is 0 Å². The molecule has 0 aliphatic carbocycles. The molecule has 0 amide bonds. The van der Waals surface area contributed by atoms with Crippen LogP contribution >= 0.6 is 0 Å². The minimum Gasteiger partial charge on any atom is -0.297 e. The van der Waals surface area contributed by atoms with Gasteiger partial charge in [-0.05, 0) is 45.7 Å². The Balaban J connectivity index is 2.26. The second-order valence-electron chi connectivity index (χ2n) is 6.35. The van der Waals surface area contributed by atoms with Crippen LogP contribution in [0.15, 0.2) is 6.07 Å². The first-order valence-corrected chi connectivity index (χ1v) is 7.99. The van der Waals surface area contributed by atoms with Crippen LogP contribution < -0.4 is 0 Å². The standard InChI is InChI=1S/C18H23N5O/c1-10(7-15-13(4)22-23(6)14(15)5)17(24)16(9-19)18-20-11(2)8-12(3)21-18/h8,10,16H,7H2,1-6H3/t10-,16+/m1/s1. The lowest BCUT2D eigenvalue weighted by Crippen LogP contribution is -2.23. The van der Waals surface area contributed by atoms with Crippen LogP contribution in [0.4, 0.5) is 0 Å². The van der Waals surface area contributed by atoms with Crippen molar-refractivity contribution in [1.82, 2.24) is 19.7 Å². The Labute approximate surface area is 142 Å². The topological polar surface area (TPSA) is 84.5 Å². The molecule has 0 radical (unpaired) electrons. The number of aromatic nitrogens is 4. The molecule has 2 aromatic heterocycles. The Morgan fingerprint density at radius 1 is 1.25 bits per heavy atom. The van der Waals surface area contributed by atoms with E-state index in [-0.39, 0.29) is 11.7 Å². The molecule has 0 bridgehead atoms. The SMILES string of the molecule is Cc1cc(C)nc([C@@H](C#N)C(=O)[C@H](C)Cc2c(C)nn(C)c2C)n1. The third kappa shape index (κ3) is 3.51. The zero-order valence-corrected chi connectivity index (χ0v) is 15.1. The molecule has 2 atom stereocenters. The lowest BCUT2D eigenvalue weighted by atomic mass is 9.88. The second kappa shape index (κ2) is 6.91. The molecule has 2 heterocycles. The zero-order chi connectivity index (χ0) is 18.0. The number of hydrogen-bond donors (Lipinski definition) is 0. The molecule has 0 aromatic carbocycles. The van der Waals surface area contributed by atoms with Crippen molar-refractivity contribution in [3.8, 4) is 6.07 Å². The van der Waals surface area contributed by atoms with Gasteiger partial charge in [0.05, 0.1) is 11.8 Å². The first kappa shape index (κ1) is 17.8. The summed E-state index contributed by atoms with van der Waals surface area (Å²) < 4.78 is 1.82. The number of aryl methyl sites for hydroxylation is 4. The van der Waals surface area contributed by atoms with E-state index < -0.39 is 5.92 Å². The Kier molecular flexibility index (Phi) is 5.13. The van der Waals surface area contributed by atoms with Crippen LogP contribution in [-0.4, -0.2) is 25.5 Å². The highest BCUT2D eigenvalue weighted by molar-refractivity contribution is 5.89. The van der Waals surface area contributed by atoms with Gasteiger partial charge < -0.3 is 0 Å². The number of rotatable bonds is 5. The van der Waals surface area contributed by atoms with E-state index in [9.17, 15) is 10.1 Å². The first-order chi connectivity index (χ1) is 11.2. The van der Waals surface area contributed by atoms with Crippen LogP contribution in [-0.2, 0) is 18.3 Å². The Bertz CT molecular complexity index is 795. The highest BCUT2D eigenvalue weighted by Gasteiger charge is 2.29. The largest absolute Gasteiger partial charge is 0.297 e. The van der Waals surface area contributed by atoms with Gasteiger partial charge in [-0.15, -0.1) is 0 Å². The summed E-state index contributed by atoms with van der Waals surface area (Å²) in [6.07, 6.45) is 0.563. The van der Waals surface area contributed by atoms with Crippen LogP contribution in [0.1, 0.15) is 47.0 Å². The van der Waals surface area contributed by atoms with Crippen molar-refractivity contribution >= 4 is 5.78 Å². The van der Waals surface area contributed by atoms with Gasteiger partial charge in [0.1, 0.15) is 0 Å². The van der Waals surface area contributed by atoms with Gasteiger partial charge in [-0.2, -0.15) is 10.4 Å². The molecule has 2 rings (SSSR count). The fourth-order valence-electron chi connectivity index (χ4n) is 2.94. The van der Waals surface area contributed by atoms with Crippen molar-refractivity contribution in [1.29, 1.82) is 5.26 Å². The second-order valence-corrected chi connectivity index (χ2v) is 6.35. The average molecular weight is 325 g/mol. The quantitative estimate of drug-likeness (QED) is 0.843. The number of carbonyl (C=O) groups is 1. The summed E-state index contributed by atoms with van der Waals surface area (Å²) in [6.45, 7) is 9.45. The van der Waals surface area contributed by atoms with Gasteiger partial charge in [0.25, 0.3) is 0 Å². The number of carbonyl (C=O) groups excluding carboxylic acids is 1. The number of Topliss-reactive ketones (excluding diaryl/α,β-unsaturated/α-hetero) is 1. The van der Waals surface area contributed by atoms with Gasteiger partial charge >= 0.3 is 0 Å². The highest BCUT2D eigenvalue weighted by atomic mass is 16.1. The van der Waals surface area contributed by atoms with E-state index in [1.54, 1.807) is 0 Å². The molecule has 24 heavy (non-hydrogen) atoms. The maximum absolute atomic E-state index is 12.8. The van der Waals surface area contributed by atoms with Crippen molar-refractivity contribution < 1.29 is 4.79 Å². The fraction of sp³-hybridized carbons (Fsp3) is 0.500. The Morgan fingerprint density at radius 3 is 2.29 bits per heavy atom. The molecule has 0 aliphatic heterocycles. The number of hydrogen-bond acceptors (Lipinski definition) is 5. The number of nitrogens with zero attached hydrogens (tertiary/aromatic N) is 5. The minimum atomic E-state index is -0.934. The molecule has 126 valence electrons. The normalized spacial score (nSPS) is 13.4. The van der Waals surface area contributed by atoms with E-state index in [0.717, 1.165) is 28.3 Å². The van der Waals surface area contributed by atoms with Crippen LogP contribution in [0.2, 0.25) is 0 Å². The van der Waals surface area contributed by atoms with Gasteiger partial charge in [-0.1, -0.05) is 6.92 Å². The van der Waals surface area contributed by atoms with Gasteiger partial charge in [0.15, 0.2) is 17.5 Å². The highest BCUT2D eigenvalue weighted by Crippen LogP contribution is 2.23. The molecular formula is C18H23N5O. The lowest BCUT2D eigenvalue weighted by Gasteiger charge is -2.15. The van der Waals surface area contributed by atoms with Crippen molar-refractivity contribution in [2.24, 2.45) is 13.0 Å². The summed E-state index contributed by atoms with van der Waals surface area (Å²) in [4.78, 5) is 21.4. The molecular weight excluding hydrogens is 302 g/mol. The average Bonchev–Trinajstić information content (AvgIpc) is 2.73. The molecule has 2 aromatic rings. The maximum atomic E-state index is 12.8. The number of ketones is 1. The maximum Gasteiger partial charge on any atom is 0.164 e. The zero-order valence-electron chi connectivity index (χ0n) is 15.1. The van der Waals surface area contributed by atoms with Crippen LogP contribution in [0.3, 0.4) is 0 Å².